The van der Waals surface area contributed by atoms with Crippen LogP contribution in [0.5, 0.6) is 0 Å². The molecule has 6 nitrogen and oxygen atoms in total. The van der Waals surface area contributed by atoms with Crippen molar-refractivity contribution in [1.29, 1.82) is 0 Å². The average molecular weight is 301 g/mol. The summed E-state index contributed by atoms with van der Waals surface area (Å²) in [4.78, 5) is 14.2. The van der Waals surface area contributed by atoms with E-state index in [1.165, 1.54) is 6.07 Å². The maximum absolute atomic E-state index is 10.5. The minimum Gasteiger partial charge on any atom is -0.404 e. The fourth-order valence-corrected chi connectivity index (χ4v) is 2.49. The molecule has 0 spiro atoms. The number of thiazole rings is 1. The van der Waals surface area contributed by atoms with Crippen molar-refractivity contribution in [3.05, 3.63) is 63.8 Å². The summed E-state index contributed by atoms with van der Waals surface area (Å²) in [7, 11) is 0. The van der Waals surface area contributed by atoms with E-state index >= 15 is 0 Å². The van der Waals surface area contributed by atoms with Crippen LogP contribution in [-0.4, -0.2) is 9.91 Å². The Morgan fingerprint density at radius 3 is 2.67 bits per heavy atom. The molecule has 0 saturated carbocycles. The van der Waals surface area contributed by atoms with Gasteiger partial charge in [0.15, 0.2) is 0 Å². The lowest BCUT2D eigenvalue weighted by molar-refractivity contribution is -0.402. The summed E-state index contributed by atoms with van der Waals surface area (Å²) >= 11 is 1.59. The van der Waals surface area contributed by atoms with Crippen molar-refractivity contribution in [2.75, 3.05) is 5.32 Å². The second-order valence-corrected chi connectivity index (χ2v) is 5.16. The summed E-state index contributed by atoms with van der Waals surface area (Å²) in [6, 6.07) is 10.8. The number of rotatable bonds is 5. The average Bonchev–Trinajstić information content (AvgIpc) is 3.17. The molecule has 0 aliphatic rings. The van der Waals surface area contributed by atoms with Gasteiger partial charge in [-0.3, -0.25) is 10.1 Å². The Bertz CT molecular complexity index is 735. The Hall–Kier alpha value is -2.67. The Balaban J connectivity index is 1.64. The van der Waals surface area contributed by atoms with E-state index < -0.39 is 4.92 Å². The number of hydrogen-bond donors (Lipinski definition) is 1. The quantitative estimate of drug-likeness (QED) is 0.570. The van der Waals surface area contributed by atoms with Crippen LogP contribution < -0.4 is 5.32 Å². The molecule has 2 heterocycles. The largest absolute Gasteiger partial charge is 0.433 e. The van der Waals surface area contributed by atoms with E-state index in [0.717, 1.165) is 16.3 Å². The highest BCUT2D eigenvalue weighted by Gasteiger charge is 2.11. The molecule has 3 rings (SSSR count). The highest BCUT2D eigenvalue weighted by atomic mass is 32.1. The van der Waals surface area contributed by atoms with Gasteiger partial charge in [0, 0.05) is 22.8 Å². The Kier molecular flexibility index (Phi) is 3.65. The first kappa shape index (κ1) is 13.3. The second kappa shape index (κ2) is 5.76. The first-order valence-electron chi connectivity index (χ1n) is 6.19. The van der Waals surface area contributed by atoms with Gasteiger partial charge in [0.2, 0.25) is 0 Å². The van der Waals surface area contributed by atoms with Crippen LogP contribution in [0.25, 0.3) is 10.6 Å². The first-order chi connectivity index (χ1) is 10.2. The number of aromatic nitrogens is 1. The maximum atomic E-state index is 10.5. The number of nitrogens with one attached hydrogen (secondary N) is 1. The second-order valence-electron chi connectivity index (χ2n) is 4.27. The molecule has 0 atom stereocenters. The van der Waals surface area contributed by atoms with Crippen molar-refractivity contribution in [3.63, 3.8) is 0 Å². The van der Waals surface area contributed by atoms with Gasteiger partial charge in [-0.05, 0) is 30.3 Å². The van der Waals surface area contributed by atoms with Gasteiger partial charge in [-0.2, -0.15) is 0 Å². The molecule has 0 aliphatic carbocycles. The number of anilines is 1. The van der Waals surface area contributed by atoms with Crippen molar-refractivity contribution in [2.24, 2.45) is 0 Å². The standard InChI is InChI=1S/C14H11N3O3S/c18-17(19)13-6-5-12(20-13)9-16-11-3-1-10(2-4-11)14-15-7-8-21-14/h1-8,16H,9H2. The van der Waals surface area contributed by atoms with Crippen LogP contribution in [0.1, 0.15) is 5.76 Å². The van der Waals surface area contributed by atoms with Gasteiger partial charge in [-0.1, -0.05) is 0 Å². The minimum absolute atomic E-state index is 0.245. The Morgan fingerprint density at radius 1 is 1.24 bits per heavy atom. The van der Waals surface area contributed by atoms with Gasteiger partial charge in [-0.25, -0.2) is 4.98 Å². The monoisotopic (exact) mass is 301 g/mol. The van der Waals surface area contributed by atoms with E-state index in [-0.39, 0.29) is 5.88 Å². The van der Waals surface area contributed by atoms with E-state index in [2.05, 4.69) is 10.3 Å². The molecule has 0 amide bonds. The minimum atomic E-state index is -0.549. The number of furan rings is 1. The van der Waals surface area contributed by atoms with Crippen LogP contribution in [0.4, 0.5) is 11.6 Å². The molecule has 106 valence electrons. The van der Waals surface area contributed by atoms with Crippen molar-refractivity contribution in [2.45, 2.75) is 6.54 Å². The van der Waals surface area contributed by atoms with E-state index in [0.29, 0.717) is 12.3 Å². The van der Waals surface area contributed by atoms with Crippen LogP contribution in [0.2, 0.25) is 0 Å². The lowest BCUT2D eigenvalue weighted by atomic mass is 10.2. The lowest BCUT2D eigenvalue weighted by Crippen LogP contribution is -1.97. The highest BCUT2D eigenvalue weighted by Crippen LogP contribution is 2.23. The van der Waals surface area contributed by atoms with Gasteiger partial charge in [0.1, 0.15) is 15.7 Å². The molecule has 7 heteroatoms. The van der Waals surface area contributed by atoms with Crippen molar-refractivity contribution >= 4 is 22.9 Å². The molecule has 0 aliphatic heterocycles. The van der Waals surface area contributed by atoms with Gasteiger partial charge in [0.05, 0.1) is 12.6 Å². The Morgan fingerprint density at radius 2 is 2.05 bits per heavy atom. The van der Waals surface area contributed by atoms with Crippen LogP contribution in [0.15, 0.2) is 52.4 Å². The van der Waals surface area contributed by atoms with Crippen molar-refractivity contribution in [1.82, 2.24) is 4.98 Å². The zero-order valence-corrected chi connectivity index (χ0v) is 11.7. The number of nitrogens with zero attached hydrogens (tertiary/aromatic N) is 2. The zero-order chi connectivity index (χ0) is 14.7. The van der Waals surface area contributed by atoms with E-state index in [1.807, 2.05) is 29.6 Å². The number of benzene rings is 1. The summed E-state index contributed by atoms with van der Waals surface area (Å²) in [5.74, 6) is 0.275. The predicted octanol–water partition coefficient (Wildman–Crippen LogP) is 3.92. The molecular formula is C14H11N3O3S. The van der Waals surface area contributed by atoms with E-state index in [4.69, 9.17) is 4.42 Å². The van der Waals surface area contributed by atoms with Crippen LogP contribution >= 0.6 is 11.3 Å². The van der Waals surface area contributed by atoms with Crippen LogP contribution in [-0.2, 0) is 6.54 Å². The van der Waals surface area contributed by atoms with Crippen LogP contribution in [0.3, 0.4) is 0 Å². The molecular weight excluding hydrogens is 290 g/mol. The van der Waals surface area contributed by atoms with Gasteiger partial charge >= 0.3 is 5.88 Å². The van der Waals surface area contributed by atoms with E-state index in [9.17, 15) is 10.1 Å². The first-order valence-corrected chi connectivity index (χ1v) is 7.07. The fraction of sp³-hybridized carbons (Fsp3) is 0.0714. The normalized spacial score (nSPS) is 10.5. The summed E-state index contributed by atoms with van der Waals surface area (Å²) in [5.41, 5.74) is 1.97. The topological polar surface area (TPSA) is 81.2 Å². The van der Waals surface area contributed by atoms with Crippen LogP contribution in [0, 0.1) is 10.1 Å². The third-order valence-electron chi connectivity index (χ3n) is 2.86. The van der Waals surface area contributed by atoms with Gasteiger partial charge in [-0.15, -0.1) is 11.3 Å². The molecule has 21 heavy (non-hydrogen) atoms. The maximum Gasteiger partial charge on any atom is 0.433 e. The third-order valence-corrected chi connectivity index (χ3v) is 3.68. The SMILES string of the molecule is O=[N+]([O-])c1ccc(CNc2ccc(-c3nccs3)cc2)o1. The summed E-state index contributed by atoms with van der Waals surface area (Å²) in [6.45, 7) is 0.393. The summed E-state index contributed by atoms with van der Waals surface area (Å²) in [6.07, 6.45) is 1.77. The van der Waals surface area contributed by atoms with E-state index in [1.54, 1.807) is 23.6 Å². The third kappa shape index (κ3) is 3.09. The molecule has 1 aromatic carbocycles. The molecule has 0 radical (unpaired) electrons. The number of hydrogen-bond acceptors (Lipinski definition) is 6. The molecule has 0 bridgehead atoms. The lowest BCUT2D eigenvalue weighted by Gasteiger charge is -2.04. The van der Waals surface area contributed by atoms with Crippen molar-refractivity contribution < 1.29 is 9.34 Å². The smallest absolute Gasteiger partial charge is 0.404 e. The highest BCUT2D eigenvalue weighted by molar-refractivity contribution is 7.13. The van der Waals surface area contributed by atoms with Gasteiger partial charge < -0.3 is 9.73 Å². The van der Waals surface area contributed by atoms with Gasteiger partial charge in [0.25, 0.3) is 0 Å². The number of nitro groups is 1. The summed E-state index contributed by atoms with van der Waals surface area (Å²) < 4.78 is 5.08. The molecule has 1 N–H and O–H groups in total. The fourth-order valence-electron chi connectivity index (χ4n) is 1.85. The Labute approximate surface area is 124 Å². The molecule has 0 unspecified atom stereocenters. The molecule has 2 aromatic heterocycles. The molecule has 0 fully saturated rings. The summed E-state index contributed by atoms with van der Waals surface area (Å²) in [5, 5.41) is 16.6. The molecule has 0 saturated heterocycles. The zero-order valence-electron chi connectivity index (χ0n) is 10.9. The van der Waals surface area contributed by atoms with Crippen molar-refractivity contribution in [3.8, 4) is 10.6 Å². The predicted molar refractivity (Wildman–Crippen MR) is 80.2 cm³/mol. The molecule has 3 aromatic rings.